The molecule has 3 aromatic rings. The van der Waals surface area contributed by atoms with E-state index in [0.717, 1.165) is 11.6 Å². The van der Waals surface area contributed by atoms with E-state index in [0.29, 0.717) is 15.6 Å². The molecule has 0 spiro atoms. The number of nitrogens with zero attached hydrogens (tertiary/aromatic N) is 2. The van der Waals surface area contributed by atoms with Crippen LogP contribution in [0.4, 0.5) is 10.1 Å². The van der Waals surface area contributed by atoms with Crippen LogP contribution in [0.1, 0.15) is 31.9 Å². The number of halogens is 1. The van der Waals surface area contributed by atoms with Gasteiger partial charge in [-0.25, -0.2) is 23.0 Å². The largest absolute Gasteiger partial charge is 0.482 e. The summed E-state index contributed by atoms with van der Waals surface area (Å²) in [6.45, 7) is 6.15. The molecule has 0 atom stereocenters. The van der Waals surface area contributed by atoms with Gasteiger partial charge in [-0.15, -0.1) is 0 Å². The van der Waals surface area contributed by atoms with E-state index in [-0.39, 0.29) is 17.2 Å². The summed E-state index contributed by atoms with van der Waals surface area (Å²) in [7, 11) is -4.26. The van der Waals surface area contributed by atoms with Crippen LogP contribution in [-0.2, 0) is 24.3 Å². The Hall–Kier alpha value is -4.25. The summed E-state index contributed by atoms with van der Waals surface area (Å²) in [6, 6.07) is 17.8. The Labute approximate surface area is 227 Å². The van der Waals surface area contributed by atoms with Crippen molar-refractivity contribution < 1.29 is 31.9 Å². The minimum atomic E-state index is -4.26. The van der Waals surface area contributed by atoms with E-state index >= 15 is 0 Å². The molecule has 0 heterocycles. The summed E-state index contributed by atoms with van der Waals surface area (Å²) in [5.41, 5.74) is 2.84. The Balaban J connectivity index is 1.66. The van der Waals surface area contributed by atoms with Gasteiger partial charge in [0.2, 0.25) is 0 Å². The third-order valence-electron chi connectivity index (χ3n) is 5.08. The Bertz CT molecular complexity index is 1430. The maximum absolute atomic E-state index is 14.6. The monoisotopic (exact) mass is 555 g/mol. The van der Waals surface area contributed by atoms with Crippen molar-refractivity contribution in [3.63, 3.8) is 0 Å². The number of anilines is 1. The van der Waals surface area contributed by atoms with E-state index in [9.17, 15) is 22.4 Å². The lowest BCUT2D eigenvalue weighted by Gasteiger charge is -2.24. The van der Waals surface area contributed by atoms with Crippen molar-refractivity contribution >= 4 is 33.8 Å². The van der Waals surface area contributed by atoms with Gasteiger partial charge in [-0.3, -0.25) is 9.10 Å². The van der Waals surface area contributed by atoms with E-state index in [2.05, 4.69) is 10.5 Å². The summed E-state index contributed by atoms with van der Waals surface area (Å²) in [5, 5.41) is 3.87. The van der Waals surface area contributed by atoms with Crippen molar-refractivity contribution in [1.29, 1.82) is 0 Å². The van der Waals surface area contributed by atoms with Crippen molar-refractivity contribution in [3.8, 4) is 5.75 Å². The van der Waals surface area contributed by atoms with Gasteiger partial charge in [0.15, 0.2) is 6.61 Å². The number of benzene rings is 3. The second-order valence-corrected chi connectivity index (χ2v) is 11.4. The van der Waals surface area contributed by atoms with Crippen molar-refractivity contribution in [2.75, 3.05) is 17.5 Å². The number of amides is 1. The molecule has 0 bridgehead atoms. The molecule has 0 radical (unpaired) electrons. The topological polar surface area (TPSA) is 114 Å². The molecule has 0 aliphatic heterocycles. The van der Waals surface area contributed by atoms with Crippen molar-refractivity contribution in [2.24, 2.45) is 5.10 Å². The molecular formula is C28H30FN3O6S. The van der Waals surface area contributed by atoms with Gasteiger partial charge in [0.1, 0.15) is 23.7 Å². The fourth-order valence-electron chi connectivity index (χ4n) is 3.30. The van der Waals surface area contributed by atoms with Crippen molar-refractivity contribution in [1.82, 2.24) is 5.43 Å². The maximum Gasteiger partial charge on any atom is 0.344 e. The SMILES string of the molecule is Cc1ccc(S(=O)(=O)N(CC(=O)N/N=C/c2ccc(OCC(=O)OC(C)(C)C)cc2)c2ccccc2F)cc1. The molecule has 1 N–H and O–H groups in total. The molecule has 0 aliphatic rings. The van der Waals surface area contributed by atoms with Crippen LogP contribution in [0.5, 0.6) is 5.75 Å². The lowest BCUT2D eigenvalue weighted by molar-refractivity contribution is -0.157. The highest BCUT2D eigenvalue weighted by Crippen LogP contribution is 2.26. The molecule has 3 aromatic carbocycles. The van der Waals surface area contributed by atoms with Crippen LogP contribution >= 0.6 is 0 Å². The minimum Gasteiger partial charge on any atom is -0.482 e. The van der Waals surface area contributed by atoms with Crippen LogP contribution in [0.3, 0.4) is 0 Å². The lowest BCUT2D eigenvalue weighted by atomic mass is 10.2. The van der Waals surface area contributed by atoms with Gasteiger partial charge >= 0.3 is 5.97 Å². The first-order chi connectivity index (χ1) is 18.3. The van der Waals surface area contributed by atoms with E-state index in [1.807, 2.05) is 0 Å². The van der Waals surface area contributed by atoms with Crippen LogP contribution in [0.2, 0.25) is 0 Å². The smallest absolute Gasteiger partial charge is 0.344 e. The highest BCUT2D eigenvalue weighted by Gasteiger charge is 2.29. The third-order valence-corrected chi connectivity index (χ3v) is 6.85. The second-order valence-electron chi connectivity index (χ2n) is 9.51. The maximum atomic E-state index is 14.6. The van der Waals surface area contributed by atoms with E-state index in [1.54, 1.807) is 64.1 Å². The average molecular weight is 556 g/mol. The standard InChI is InChI=1S/C28H30FN3O6S/c1-20-9-15-23(16-10-20)39(35,36)32(25-8-6-5-7-24(25)29)18-26(33)31-30-17-21-11-13-22(14-12-21)37-19-27(34)38-28(2,3)4/h5-17H,18-19H2,1-4H3,(H,31,33)/b30-17+. The zero-order chi connectivity index (χ0) is 28.6. The van der Waals surface area contributed by atoms with E-state index in [1.165, 1.54) is 36.5 Å². The van der Waals surface area contributed by atoms with E-state index in [4.69, 9.17) is 9.47 Å². The summed E-state index contributed by atoms with van der Waals surface area (Å²) >= 11 is 0. The molecule has 206 valence electrons. The molecule has 0 aliphatic carbocycles. The number of carbonyl (C=O) groups is 2. The number of aryl methyl sites for hydroxylation is 1. The molecule has 0 unspecified atom stereocenters. The number of sulfonamides is 1. The molecule has 9 nitrogen and oxygen atoms in total. The molecule has 0 saturated carbocycles. The fraction of sp³-hybridized carbons (Fsp3) is 0.250. The van der Waals surface area contributed by atoms with Crippen molar-refractivity contribution in [2.45, 2.75) is 38.2 Å². The molecule has 3 rings (SSSR count). The summed E-state index contributed by atoms with van der Waals surface area (Å²) in [6.07, 6.45) is 1.34. The second kappa shape index (κ2) is 12.5. The zero-order valence-electron chi connectivity index (χ0n) is 22.0. The molecule has 1 amide bonds. The number of carbonyl (C=O) groups excluding carboxylic acids is 2. The number of para-hydroxylation sites is 1. The van der Waals surface area contributed by atoms with Crippen LogP contribution in [0, 0.1) is 12.7 Å². The Morgan fingerprint density at radius 1 is 1.00 bits per heavy atom. The van der Waals surface area contributed by atoms with Gasteiger partial charge in [-0.05, 0) is 81.8 Å². The van der Waals surface area contributed by atoms with Gasteiger partial charge in [0, 0.05) is 0 Å². The predicted molar refractivity (Wildman–Crippen MR) is 146 cm³/mol. The number of hydrogen-bond acceptors (Lipinski definition) is 7. The highest BCUT2D eigenvalue weighted by atomic mass is 32.2. The number of hydrazone groups is 1. The molecular weight excluding hydrogens is 525 g/mol. The first kappa shape index (κ1) is 29.3. The lowest BCUT2D eigenvalue weighted by Crippen LogP contribution is -2.40. The highest BCUT2D eigenvalue weighted by molar-refractivity contribution is 7.92. The van der Waals surface area contributed by atoms with Gasteiger partial charge in [0.25, 0.3) is 15.9 Å². The third kappa shape index (κ3) is 8.64. The van der Waals surface area contributed by atoms with Gasteiger partial charge in [-0.2, -0.15) is 5.10 Å². The Kier molecular flexibility index (Phi) is 9.42. The Morgan fingerprint density at radius 2 is 1.64 bits per heavy atom. The van der Waals surface area contributed by atoms with E-state index < -0.39 is 39.9 Å². The summed E-state index contributed by atoms with van der Waals surface area (Å²) in [5.74, 6) is -1.63. The number of rotatable bonds is 10. The number of hydrogen-bond donors (Lipinski definition) is 1. The first-order valence-electron chi connectivity index (χ1n) is 12.0. The molecule has 11 heteroatoms. The van der Waals surface area contributed by atoms with Crippen LogP contribution in [-0.4, -0.2) is 45.3 Å². The fourth-order valence-corrected chi connectivity index (χ4v) is 4.73. The minimum absolute atomic E-state index is 0.0818. The average Bonchev–Trinajstić information content (AvgIpc) is 2.86. The van der Waals surface area contributed by atoms with Crippen LogP contribution < -0.4 is 14.5 Å². The first-order valence-corrected chi connectivity index (χ1v) is 13.4. The molecule has 0 fully saturated rings. The van der Waals surface area contributed by atoms with Gasteiger partial charge < -0.3 is 9.47 Å². The molecule has 39 heavy (non-hydrogen) atoms. The number of esters is 1. The molecule has 0 saturated heterocycles. The number of nitrogens with one attached hydrogen (secondary N) is 1. The summed E-state index contributed by atoms with van der Waals surface area (Å²) in [4.78, 5) is 24.3. The zero-order valence-corrected chi connectivity index (χ0v) is 22.9. The van der Waals surface area contributed by atoms with Crippen LogP contribution in [0.15, 0.2) is 82.8 Å². The van der Waals surface area contributed by atoms with Gasteiger partial charge in [-0.1, -0.05) is 29.8 Å². The van der Waals surface area contributed by atoms with Crippen molar-refractivity contribution in [3.05, 3.63) is 89.7 Å². The normalized spacial score (nSPS) is 11.7. The summed E-state index contributed by atoms with van der Waals surface area (Å²) < 4.78 is 52.5. The van der Waals surface area contributed by atoms with Crippen LogP contribution in [0.25, 0.3) is 0 Å². The predicted octanol–water partition coefficient (Wildman–Crippen LogP) is 4.20. The number of ether oxygens (including phenoxy) is 2. The quantitative estimate of drug-likeness (QED) is 0.228. The molecule has 0 aromatic heterocycles. The van der Waals surface area contributed by atoms with Gasteiger partial charge in [0.05, 0.1) is 16.8 Å². The Morgan fingerprint density at radius 3 is 2.26 bits per heavy atom.